The second-order valence-corrected chi connectivity index (χ2v) is 3.19. The van der Waals surface area contributed by atoms with E-state index < -0.39 is 17.9 Å². The van der Waals surface area contributed by atoms with Crippen LogP contribution < -0.4 is 0 Å². The minimum Gasteiger partial charge on any atom is -0.412 e. The van der Waals surface area contributed by atoms with E-state index in [4.69, 9.17) is 5.41 Å². The second-order valence-electron chi connectivity index (χ2n) is 2.56. The summed E-state index contributed by atoms with van der Waals surface area (Å²) in [6.07, 6.45) is -0.323. The first kappa shape index (κ1) is 15.0. The normalized spacial score (nSPS) is 9.38. The number of hydrogen-bond donors (Lipinski definition) is 3. The fraction of sp³-hybridized carbons (Fsp3) is 0.500. The maximum absolute atomic E-state index is 10.9. The van der Waals surface area contributed by atoms with Gasteiger partial charge in [-0.05, 0) is 0 Å². The van der Waals surface area contributed by atoms with E-state index in [1.807, 2.05) is 0 Å². The largest absolute Gasteiger partial charge is 0.412 e. The van der Waals surface area contributed by atoms with Crippen LogP contribution in [0.5, 0.6) is 0 Å². The molecule has 90 valence electrons. The monoisotopic (exact) mass is 265 g/mol. The molecule has 6 nitrogen and oxygen atoms in total. The number of rotatable bonds is 5. The van der Waals surface area contributed by atoms with Gasteiger partial charge in [-0.1, -0.05) is 0 Å². The van der Waals surface area contributed by atoms with Crippen molar-refractivity contribution in [3.63, 3.8) is 0 Å². The first-order valence-corrected chi connectivity index (χ1v) is 5.49. The molecule has 0 amide bonds. The highest BCUT2D eigenvalue weighted by Gasteiger charge is 2.12. The van der Waals surface area contributed by atoms with Gasteiger partial charge in [0.15, 0.2) is 5.90 Å². The van der Waals surface area contributed by atoms with Gasteiger partial charge in [-0.25, -0.2) is 0 Å². The molecule has 0 aliphatic carbocycles. The molecule has 0 aliphatic heterocycles. The predicted octanol–water partition coefficient (Wildman–Crippen LogP) is 0.216. The Kier molecular flexibility index (Phi) is 7.65. The third-order valence-corrected chi connectivity index (χ3v) is 1.80. The van der Waals surface area contributed by atoms with Gasteiger partial charge in [-0.3, -0.25) is 19.8 Å². The van der Waals surface area contributed by atoms with Crippen molar-refractivity contribution in [2.24, 2.45) is 0 Å². The van der Waals surface area contributed by atoms with Gasteiger partial charge in [-0.15, -0.1) is 0 Å². The number of nitrogens with one attached hydrogen (secondary N) is 1. The van der Waals surface area contributed by atoms with Gasteiger partial charge in [0.25, 0.3) is 0 Å². The van der Waals surface area contributed by atoms with Crippen LogP contribution in [0.25, 0.3) is 0 Å². The molecule has 0 aromatic rings. The third-order valence-electron chi connectivity index (χ3n) is 1.28. The Morgan fingerprint density at radius 3 is 1.88 bits per heavy atom. The number of ether oxygens (including phenoxy) is 2. The number of carbonyl (C=O) groups is 3. The van der Waals surface area contributed by atoms with Crippen molar-refractivity contribution in [1.29, 1.82) is 5.41 Å². The Labute approximate surface area is 103 Å². The highest BCUT2D eigenvalue weighted by molar-refractivity contribution is 7.81. The molecule has 0 radical (unpaired) electrons. The van der Waals surface area contributed by atoms with E-state index in [1.165, 1.54) is 0 Å². The Hall–Kier alpha value is -1.02. The molecule has 0 fully saturated rings. The van der Waals surface area contributed by atoms with Gasteiger partial charge in [0.1, 0.15) is 0 Å². The maximum atomic E-state index is 10.9. The van der Waals surface area contributed by atoms with Crippen LogP contribution in [-0.2, 0) is 23.9 Å². The summed E-state index contributed by atoms with van der Waals surface area (Å²) >= 11 is 7.25. The minimum atomic E-state index is -0.786. The maximum Gasteiger partial charge on any atom is 0.323 e. The highest BCUT2D eigenvalue weighted by Crippen LogP contribution is 1.98. The van der Waals surface area contributed by atoms with E-state index in [0.29, 0.717) is 0 Å². The molecule has 0 unspecified atom stereocenters. The van der Waals surface area contributed by atoms with Crippen LogP contribution in [0.3, 0.4) is 0 Å². The van der Waals surface area contributed by atoms with Crippen molar-refractivity contribution in [1.82, 2.24) is 0 Å². The molecule has 8 heteroatoms. The van der Waals surface area contributed by atoms with E-state index >= 15 is 0 Å². The van der Waals surface area contributed by atoms with Crippen molar-refractivity contribution >= 4 is 49.1 Å². The second kappa shape index (κ2) is 8.17. The average molecular weight is 265 g/mol. The Morgan fingerprint density at radius 1 is 0.875 bits per heavy atom. The van der Waals surface area contributed by atoms with E-state index in [-0.39, 0.29) is 30.2 Å². The molecule has 0 rings (SSSR count). The molecule has 0 atom stereocenters. The lowest BCUT2D eigenvalue weighted by Crippen LogP contribution is -2.17. The predicted molar refractivity (Wildman–Crippen MR) is 61.9 cm³/mol. The lowest BCUT2D eigenvalue weighted by molar-refractivity contribution is -0.157. The van der Waals surface area contributed by atoms with E-state index in [9.17, 15) is 14.4 Å². The molecule has 0 aliphatic rings. The smallest absolute Gasteiger partial charge is 0.323 e. The summed E-state index contributed by atoms with van der Waals surface area (Å²) in [5.74, 6) is -2.93. The Morgan fingerprint density at radius 2 is 1.38 bits per heavy atom. The van der Waals surface area contributed by atoms with Gasteiger partial charge in [0.05, 0.1) is 17.9 Å². The van der Waals surface area contributed by atoms with Gasteiger partial charge in [-0.2, -0.15) is 25.3 Å². The number of hydrogen-bond acceptors (Lipinski definition) is 8. The van der Waals surface area contributed by atoms with E-state index in [2.05, 4.69) is 34.7 Å². The Bertz CT molecular complexity index is 275. The van der Waals surface area contributed by atoms with Gasteiger partial charge < -0.3 is 9.47 Å². The summed E-state index contributed by atoms with van der Waals surface area (Å²) in [6.45, 7) is 0. The van der Waals surface area contributed by atoms with Crippen molar-refractivity contribution in [2.75, 3.05) is 11.5 Å². The lowest BCUT2D eigenvalue weighted by atomic mass is 10.3. The average Bonchev–Trinajstić information content (AvgIpc) is 2.26. The molecule has 0 heterocycles. The number of esters is 3. The van der Waals surface area contributed by atoms with E-state index in [1.54, 1.807) is 0 Å². The summed E-state index contributed by atoms with van der Waals surface area (Å²) in [5.41, 5.74) is 0. The lowest BCUT2D eigenvalue weighted by Gasteiger charge is -2.03. The third kappa shape index (κ3) is 7.30. The van der Waals surface area contributed by atoms with Crippen LogP contribution >= 0.6 is 25.3 Å². The molecule has 0 bridgehead atoms. The van der Waals surface area contributed by atoms with Crippen LogP contribution in [0.1, 0.15) is 12.8 Å². The van der Waals surface area contributed by atoms with Crippen molar-refractivity contribution < 1.29 is 23.9 Å². The summed E-state index contributed by atoms with van der Waals surface area (Å²) in [6, 6.07) is 0. The van der Waals surface area contributed by atoms with Crippen LogP contribution in [-0.4, -0.2) is 35.3 Å². The molecule has 0 aromatic carbocycles. The number of thiol groups is 2. The van der Waals surface area contributed by atoms with Gasteiger partial charge in [0.2, 0.25) is 0 Å². The summed E-state index contributed by atoms with van der Waals surface area (Å²) in [4.78, 5) is 32.2. The number of carbonyl (C=O) groups excluding carboxylic acids is 3. The van der Waals surface area contributed by atoms with Crippen LogP contribution in [0, 0.1) is 5.41 Å². The zero-order valence-corrected chi connectivity index (χ0v) is 10.1. The van der Waals surface area contributed by atoms with Gasteiger partial charge >= 0.3 is 17.9 Å². The fourth-order valence-electron chi connectivity index (χ4n) is 0.647. The standard InChI is InChI=1S/C8H11NO5S2/c9-5(13-7(11)3-15)1-2-6(10)14-8(12)4-16/h9,15-16H,1-4H2. The fourth-order valence-corrected chi connectivity index (χ4v) is 0.776. The summed E-state index contributed by atoms with van der Waals surface area (Å²) in [7, 11) is 0. The summed E-state index contributed by atoms with van der Waals surface area (Å²) in [5, 5.41) is 7.16. The molecular formula is C8H11NO5S2. The molecule has 0 aromatic heterocycles. The molecule has 0 saturated carbocycles. The highest BCUT2D eigenvalue weighted by atomic mass is 32.1. The molecule has 1 N–H and O–H groups in total. The van der Waals surface area contributed by atoms with Crippen LogP contribution in [0.4, 0.5) is 0 Å². The van der Waals surface area contributed by atoms with Crippen molar-refractivity contribution in [2.45, 2.75) is 12.8 Å². The first-order valence-electron chi connectivity index (χ1n) is 4.23. The minimum absolute atomic E-state index is 0.113. The quantitative estimate of drug-likeness (QED) is 0.217. The first-order chi connectivity index (χ1) is 7.49. The van der Waals surface area contributed by atoms with Crippen molar-refractivity contribution in [3.05, 3.63) is 0 Å². The molecule has 0 spiro atoms. The zero-order chi connectivity index (χ0) is 12.6. The molecule has 16 heavy (non-hydrogen) atoms. The van der Waals surface area contributed by atoms with Crippen LogP contribution in [0.2, 0.25) is 0 Å². The van der Waals surface area contributed by atoms with E-state index in [0.717, 1.165) is 0 Å². The Balaban J connectivity index is 3.79. The van der Waals surface area contributed by atoms with Crippen LogP contribution in [0.15, 0.2) is 0 Å². The zero-order valence-electron chi connectivity index (χ0n) is 8.26. The summed E-state index contributed by atoms with van der Waals surface area (Å²) < 4.78 is 8.72. The van der Waals surface area contributed by atoms with Gasteiger partial charge in [0, 0.05) is 6.42 Å². The molecule has 0 saturated heterocycles. The topological polar surface area (TPSA) is 93.5 Å². The SMILES string of the molecule is N=C(CCC(=O)OC(=O)CS)OC(=O)CS. The molecular weight excluding hydrogens is 254 g/mol. The van der Waals surface area contributed by atoms with Crippen molar-refractivity contribution in [3.8, 4) is 0 Å².